The first-order valence-corrected chi connectivity index (χ1v) is 14.7. The third-order valence-electron chi connectivity index (χ3n) is 7.43. The van der Waals surface area contributed by atoms with E-state index < -0.39 is 6.09 Å². The van der Waals surface area contributed by atoms with Gasteiger partial charge in [0.15, 0.2) is 11.9 Å². The van der Waals surface area contributed by atoms with Gasteiger partial charge in [0.1, 0.15) is 6.61 Å². The molecule has 1 aliphatic heterocycles. The first-order chi connectivity index (χ1) is 21.9. The van der Waals surface area contributed by atoms with Crippen molar-refractivity contribution in [3.63, 3.8) is 0 Å². The summed E-state index contributed by atoms with van der Waals surface area (Å²) in [5, 5.41) is 10.5. The van der Waals surface area contributed by atoms with Gasteiger partial charge in [0.2, 0.25) is 11.8 Å². The molecule has 2 aromatic carbocycles. The number of aromatic nitrogens is 4. The fourth-order valence-electron chi connectivity index (χ4n) is 5.13. The zero-order valence-corrected chi connectivity index (χ0v) is 25.4. The minimum atomic E-state index is -0.610. The average Bonchev–Trinajstić information content (AvgIpc) is 3.68. The van der Waals surface area contributed by atoms with Crippen molar-refractivity contribution in [3.8, 4) is 39.5 Å². The van der Waals surface area contributed by atoms with Gasteiger partial charge in [-0.3, -0.25) is 9.59 Å². The number of hydrogen-bond donors (Lipinski definition) is 2. The van der Waals surface area contributed by atoms with Crippen molar-refractivity contribution in [1.29, 1.82) is 0 Å². The number of halogens is 2. The van der Waals surface area contributed by atoms with Crippen LogP contribution in [0.4, 0.5) is 4.79 Å². The summed E-state index contributed by atoms with van der Waals surface area (Å²) in [4.78, 5) is 44.3. The number of rotatable bonds is 9. The number of aldehydes is 1. The van der Waals surface area contributed by atoms with Crippen molar-refractivity contribution in [3.05, 3.63) is 88.2 Å². The van der Waals surface area contributed by atoms with Gasteiger partial charge in [0.05, 0.1) is 45.9 Å². The molecule has 228 valence electrons. The number of carbonyl (C=O) groups excluding carboxylic acids is 3. The van der Waals surface area contributed by atoms with Gasteiger partial charge in [-0.15, -0.1) is 0 Å². The summed E-state index contributed by atoms with van der Waals surface area (Å²) >= 11 is 13.9. The van der Waals surface area contributed by atoms with Crippen LogP contribution in [0.3, 0.4) is 0 Å². The van der Waals surface area contributed by atoms with Gasteiger partial charge in [-0.25, -0.2) is 19.3 Å². The number of nitrogens with one attached hydrogen (secondary N) is 2. The minimum Gasteiger partial charge on any atom is -0.481 e. The molecule has 5 aromatic rings. The quantitative estimate of drug-likeness (QED) is 0.193. The number of nitrogens with zero attached hydrogens (tertiary/aromatic N) is 4. The highest BCUT2D eigenvalue weighted by Crippen LogP contribution is 2.42. The van der Waals surface area contributed by atoms with E-state index in [0.29, 0.717) is 79.6 Å². The summed E-state index contributed by atoms with van der Waals surface area (Å²) in [6.45, 7) is 0.223. The molecule has 6 rings (SSSR count). The number of benzene rings is 2. The van der Waals surface area contributed by atoms with Crippen LogP contribution < -0.4 is 15.4 Å². The van der Waals surface area contributed by atoms with Crippen LogP contribution in [0.2, 0.25) is 10.0 Å². The molecule has 11 nitrogen and oxygen atoms in total. The number of ether oxygens (including phenoxy) is 2. The number of hydrogen-bond acceptors (Lipinski definition) is 8. The number of fused-ring (bicyclic) bond motifs is 1. The molecule has 13 heteroatoms. The molecule has 1 fully saturated rings. The van der Waals surface area contributed by atoms with Crippen molar-refractivity contribution in [2.45, 2.75) is 25.5 Å². The molecule has 4 heterocycles. The Balaban J connectivity index is 1.23. The Morgan fingerprint density at radius 3 is 2.36 bits per heavy atom. The van der Waals surface area contributed by atoms with Gasteiger partial charge in [0, 0.05) is 47.5 Å². The monoisotopic (exact) mass is 644 g/mol. The van der Waals surface area contributed by atoms with E-state index in [1.807, 2.05) is 36.4 Å². The third-order valence-corrected chi connectivity index (χ3v) is 8.25. The molecule has 45 heavy (non-hydrogen) atoms. The Hall–Kier alpha value is -5.00. The molecule has 3 aromatic heterocycles. The summed E-state index contributed by atoms with van der Waals surface area (Å²) in [7, 11) is 1.48. The number of amides is 2. The second-order valence-corrected chi connectivity index (χ2v) is 11.0. The maximum Gasteiger partial charge on any atom is 0.407 e. The van der Waals surface area contributed by atoms with Crippen LogP contribution in [0.25, 0.3) is 39.3 Å². The van der Waals surface area contributed by atoms with E-state index >= 15 is 0 Å². The van der Waals surface area contributed by atoms with E-state index in [2.05, 4.69) is 25.7 Å². The summed E-state index contributed by atoms with van der Waals surface area (Å²) in [6.07, 6.45) is 4.40. The largest absolute Gasteiger partial charge is 0.481 e. The predicted molar refractivity (Wildman–Crippen MR) is 168 cm³/mol. The van der Waals surface area contributed by atoms with Crippen LogP contribution in [0, 0.1) is 0 Å². The molecule has 0 aliphatic carbocycles. The molecular formula is C32H26Cl2N6O5. The highest BCUT2D eigenvalue weighted by molar-refractivity contribution is 6.39. The van der Waals surface area contributed by atoms with Gasteiger partial charge < -0.3 is 20.1 Å². The van der Waals surface area contributed by atoms with Crippen LogP contribution in [0.5, 0.6) is 5.88 Å². The van der Waals surface area contributed by atoms with Crippen LogP contribution >= 0.6 is 23.2 Å². The molecular weight excluding hydrogens is 619 g/mol. The number of pyridine rings is 1. The lowest BCUT2D eigenvalue weighted by Crippen LogP contribution is -2.38. The molecule has 0 bridgehead atoms. The fourth-order valence-corrected chi connectivity index (χ4v) is 5.78. The maximum absolute atomic E-state index is 12.2. The molecule has 1 aliphatic rings. The zero-order chi connectivity index (χ0) is 31.5. The van der Waals surface area contributed by atoms with Crippen molar-refractivity contribution in [1.82, 2.24) is 30.2 Å². The lowest BCUT2D eigenvalue weighted by molar-refractivity contribution is -0.119. The van der Waals surface area contributed by atoms with Gasteiger partial charge in [-0.05, 0) is 24.6 Å². The first kappa shape index (κ1) is 30.0. The fraction of sp³-hybridized carbons (Fsp3) is 0.188. The van der Waals surface area contributed by atoms with Gasteiger partial charge in [0.25, 0.3) is 0 Å². The molecule has 0 unspecified atom stereocenters. The van der Waals surface area contributed by atoms with Crippen molar-refractivity contribution in [2.75, 3.05) is 13.7 Å². The minimum absolute atomic E-state index is 0.0236. The topological polar surface area (TPSA) is 137 Å². The summed E-state index contributed by atoms with van der Waals surface area (Å²) in [5.41, 5.74) is 5.17. The summed E-state index contributed by atoms with van der Waals surface area (Å²) in [5.74, 6) is 0.255. The van der Waals surface area contributed by atoms with Crippen LogP contribution in [-0.4, -0.2) is 57.6 Å². The maximum atomic E-state index is 12.2. The van der Waals surface area contributed by atoms with Crippen LogP contribution in [-0.2, 0) is 16.1 Å². The average molecular weight is 646 g/mol. The normalized spacial score (nSPS) is 14.3. The lowest BCUT2D eigenvalue weighted by Gasteiger charge is -2.15. The molecule has 0 radical (unpaired) electrons. The van der Waals surface area contributed by atoms with Crippen LogP contribution in [0.15, 0.2) is 67.0 Å². The molecule has 2 N–H and O–H groups in total. The zero-order valence-electron chi connectivity index (χ0n) is 23.9. The number of alkyl carbamates (subject to hydrolysis) is 1. The molecule has 0 saturated carbocycles. The second kappa shape index (κ2) is 12.9. The van der Waals surface area contributed by atoms with E-state index in [-0.39, 0.29) is 31.0 Å². The molecule has 2 amide bonds. The van der Waals surface area contributed by atoms with Gasteiger partial charge in [-0.2, -0.15) is 5.10 Å². The third kappa shape index (κ3) is 6.17. The van der Waals surface area contributed by atoms with Crippen molar-refractivity contribution < 1.29 is 23.9 Å². The number of methoxy groups -OCH3 is 1. The highest BCUT2D eigenvalue weighted by Gasteiger charge is 2.22. The Morgan fingerprint density at radius 2 is 1.71 bits per heavy atom. The molecule has 1 saturated heterocycles. The van der Waals surface area contributed by atoms with E-state index in [4.69, 9.17) is 32.7 Å². The Bertz CT molecular complexity index is 1950. The Labute approximate surface area is 267 Å². The Morgan fingerprint density at radius 1 is 1.02 bits per heavy atom. The van der Waals surface area contributed by atoms with Crippen molar-refractivity contribution in [2.24, 2.45) is 0 Å². The summed E-state index contributed by atoms with van der Waals surface area (Å²) < 4.78 is 12.4. The lowest BCUT2D eigenvalue weighted by atomic mass is 9.98. The molecule has 0 spiro atoms. The first-order valence-electron chi connectivity index (χ1n) is 14.0. The van der Waals surface area contributed by atoms with E-state index in [1.165, 1.54) is 17.8 Å². The summed E-state index contributed by atoms with van der Waals surface area (Å²) in [6, 6.07) is 16.3. The van der Waals surface area contributed by atoms with E-state index in [1.54, 1.807) is 24.4 Å². The second-order valence-electron chi connectivity index (χ2n) is 10.3. The SMILES string of the molecule is COc1nc(-c2cccc(-c3cccc(-c4ccn5ncc(C=O)c5n4)c3Cl)c2Cl)ccc1COC(=O)NC[C@@H]1CCC(=O)N1. The standard InChI is InChI=1S/C32H26Cl2N6O5/c1-44-31-18(17-45-32(43)35-15-20-9-11-27(42)37-20)8-10-25(39-31)23-6-2-4-21(28(23)33)22-5-3-7-24(29(22)34)26-12-13-40-30(38-26)19(16-41)14-36-40/h2-8,10,12-14,16,20H,9,11,15,17H2,1H3,(H,35,43)(H,37,42)/t20-/m0/s1. The van der Waals surface area contributed by atoms with Gasteiger partial charge >= 0.3 is 6.09 Å². The Kier molecular flexibility index (Phi) is 8.63. The van der Waals surface area contributed by atoms with Crippen molar-refractivity contribution >= 4 is 47.1 Å². The smallest absolute Gasteiger partial charge is 0.407 e. The van der Waals surface area contributed by atoms with E-state index in [9.17, 15) is 14.4 Å². The van der Waals surface area contributed by atoms with E-state index in [0.717, 1.165) is 0 Å². The highest BCUT2D eigenvalue weighted by atomic mass is 35.5. The molecule has 1 atom stereocenters. The number of carbonyl (C=O) groups is 3. The van der Waals surface area contributed by atoms with Gasteiger partial charge in [-0.1, -0.05) is 59.6 Å². The van der Waals surface area contributed by atoms with Crippen LogP contribution in [0.1, 0.15) is 28.8 Å². The predicted octanol–water partition coefficient (Wildman–Crippen LogP) is 5.76.